The summed E-state index contributed by atoms with van der Waals surface area (Å²) >= 11 is 1.90. The highest BCUT2D eigenvalue weighted by Crippen LogP contribution is 2.27. The number of thioether (sulfide) groups is 1. The summed E-state index contributed by atoms with van der Waals surface area (Å²) in [7, 11) is 0. The molecule has 2 N–H and O–H groups in total. The van der Waals surface area contributed by atoms with Gasteiger partial charge >= 0.3 is 0 Å². The lowest BCUT2D eigenvalue weighted by Crippen LogP contribution is -2.06. The first-order valence-electron chi connectivity index (χ1n) is 5.65. The van der Waals surface area contributed by atoms with Gasteiger partial charge in [0.15, 0.2) is 0 Å². The summed E-state index contributed by atoms with van der Waals surface area (Å²) < 4.78 is 0. The zero-order valence-corrected chi connectivity index (χ0v) is 10.3. The van der Waals surface area contributed by atoms with Gasteiger partial charge in [0, 0.05) is 10.1 Å². The van der Waals surface area contributed by atoms with Crippen LogP contribution in [0, 0.1) is 0 Å². The van der Waals surface area contributed by atoms with Crippen LogP contribution in [0.4, 0.5) is 0 Å². The third-order valence-electron chi connectivity index (χ3n) is 2.63. The zero-order valence-electron chi connectivity index (χ0n) is 9.52. The Morgan fingerprint density at radius 1 is 1.12 bits per heavy atom. The maximum Gasteiger partial charge on any atom is 0.00810 e. The van der Waals surface area contributed by atoms with Crippen molar-refractivity contribution in [3.63, 3.8) is 0 Å². The largest absolute Gasteiger partial charge is 0.330 e. The Morgan fingerprint density at radius 3 is 2.62 bits per heavy atom. The monoisotopic (exact) mass is 231 g/mol. The first-order chi connectivity index (χ1) is 7.79. The Labute approximate surface area is 101 Å². The molecule has 0 heterocycles. The smallest absolute Gasteiger partial charge is 0.00810 e. The van der Waals surface area contributed by atoms with E-state index in [1.165, 1.54) is 15.7 Å². The van der Waals surface area contributed by atoms with Crippen LogP contribution in [0.2, 0.25) is 0 Å². The lowest BCUT2D eigenvalue weighted by Gasteiger charge is -2.10. The fourth-order valence-corrected chi connectivity index (χ4v) is 2.83. The Hall–Kier alpha value is -0.990. The molecular weight excluding hydrogens is 214 g/mol. The van der Waals surface area contributed by atoms with E-state index in [9.17, 15) is 0 Å². The van der Waals surface area contributed by atoms with E-state index in [-0.39, 0.29) is 0 Å². The van der Waals surface area contributed by atoms with E-state index < -0.39 is 0 Å². The van der Waals surface area contributed by atoms with Crippen LogP contribution in [0.25, 0.3) is 10.8 Å². The van der Waals surface area contributed by atoms with Gasteiger partial charge < -0.3 is 5.73 Å². The molecule has 0 aliphatic rings. The van der Waals surface area contributed by atoms with Crippen molar-refractivity contribution < 1.29 is 0 Å². The molecular formula is C14H17NS. The van der Waals surface area contributed by atoms with Gasteiger partial charge in [-0.2, -0.15) is 0 Å². The number of rotatable bonds is 4. The van der Waals surface area contributed by atoms with E-state index in [0.717, 1.165) is 13.0 Å². The molecule has 0 bridgehead atoms. The predicted octanol–water partition coefficient (Wildman–Crippen LogP) is 3.67. The van der Waals surface area contributed by atoms with E-state index in [4.69, 9.17) is 5.73 Å². The minimum atomic E-state index is 0.589. The normalized spacial score (nSPS) is 12.9. The highest BCUT2D eigenvalue weighted by atomic mass is 32.2. The molecule has 0 radical (unpaired) electrons. The van der Waals surface area contributed by atoms with Gasteiger partial charge in [0.2, 0.25) is 0 Å². The van der Waals surface area contributed by atoms with E-state index >= 15 is 0 Å². The molecule has 0 fully saturated rings. The van der Waals surface area contributed by atoms with Gasteiger partial charge in [-0.1, -0.05) is 37.3 Å². The third-order valence-corrected chi connectivity index (χ3v) is 3.80. The van der Waals surface area contributed by atoms with Crippen LogP contribution in [-0.2, 0) is 0 Å². The van der Waals surface area contributed by atoms with Crippen molar-refractivity contribution >= 4 is 22.5 Å². The molecule has 0 amide bonds. The molecule has 16 heavy (non-hydrogen) atoms. The van der Waals surface area contributed by atoms with Gasteiger partial charge in [0.05, 0.1) is 0 Å². The van der Waals surface area contributed by atoms with Crippen molar-refractivity contribution in [1.82, 2.24) is 0 Å². The van der Waals surface area contributed by atoms with Crippen molar-refractivity contribution in [3.05, 3.63) is 42.5 Å². The minimum absolute atomic E-state index is 0.589. The number of hydrogen-bond acceptors (Lipinski definition) is 2. The quantitative estimate of drug-likeness (QED) is 0.812. The molecule has 0 aliphatic carbocycles. The second kappa shape index (κ2) is 5.37. The van der Waals surface area contributed by atoms with Gasteiger partial charge in [0.1, 0.15) is 0 Å². The summed E-state index contributed by atoms with van der Waals surface area (Å²) in [5.41, 5.74) is 5.56. The third kappa shape index (κ3) is 2.77. The highest BCUT2D eigenvalue weighted by molar-refractivity contribution is 8.00. The molecule has 84 valence electrons. The first-order valence-corrected chi connectivity index (χ1v) is 6.53. The van der Waals surface area contributed by atoms with Crippen molar-refractivity contribution in [2.75, 3.05) is 6.54 Å². The number of fused-ring (bicyclic) bond motifs is 1. The molecule has 2 aromatic carbocycles. The summed E-state index contributed by atoms with van der Waals surface area (Å²) in [5, 5.41) is 3.21. The summed E-state index contributed by atoms with van der Waals surface area (Å²) in [4.78, 5) is 1.33. The van der Waals surface area contributed by atoms with Crippen molar-refractivity contribution in [2.45, 2.75) is 23.5 Å². The van der Waals surface area contributed by atoms with E-state index in [0.29, 0.717) is 5.25 Å². The van der Waals surface area contributed by atoms with E-state index in [2.05, 4.69) is 49.4 Å². The van der Waals surface area contributed by atoms with Crippen molar-refractivity contribution in [2.24, 2.45) is 5.73 Å². The molecule has 2 heteroatoms. The lowest BCUT2D eigenvalue weighted by atomic mass is 10.1. The summed E-state index contributed by atoms with van der Waals surface area (Å²) in [6, 6.07) is 15.1. The van der Waals surface area contributed by atoms with Crippen molar-refractivity contribution in [3.8, 4) is 0 Å². The highest BCUT2D eigenvalue weighted by Gasteiger charge is 2.03. The standard InChI is InChI=1S/C14H17NS/c1-11(8-9-15)16-14-7-6-12-4-2-3-5-13(12)10-14/h2-7,10-11H,8-9,15H2,1H3. The van der Waals surface area contributed by atoms with E-state index in [1.807, 2.05) is 11.8 Å². The molecule has 2 aromatic rings. The Balaban J connectivity index is 2.19. The average molecular weight is 231 g/mol. The molecule has 2 rings (SSSR count). The Kier molecular flexibility index (Phi) is 3.86. The van der Waals surface area contributed by atoms with Gasteiger partial charge in [-0.15, -0.1) is 11.8 Å². The van der Waals surface area contributed by atoms with Gasteiger partial charge in [-0.3, -0.25) is 0 Å². The van der Waals surface area contributed by atoms with Gasteiger partial charge in [0.25, 0.3) is 0 Å². The fraction of sp³-hybridized carbons (Fsp3) is 0.286. The molecule has 1 atom stereocenters. The predicted molar refractivity (Wildman–Crippen MR) is 72.9 cm³/mol. The van der Waals surface area contributed by atoms with Crippen molar-refractivity contribution in [1.29, 1.82) is 0 Å². The van der Waals surface area contributed by atoms with Crippen LogP contribution in [0.3, 0.4) is 0 Å². The van der Waals surface area contributed by atoms with Crippen LogP contribution in [-0.4, -0.2) is 11.8 Å². The van der Waals surface area contributed by atoms with Crippen LogP contribution < -0.4 is 5.73 Å². The molecule has 0 aromatic heterocycles. The zero-order chi connectivity index (χ0) is 11.4. The van der Waals surface area contributed by atoms with E-state index in [1.54, 1.807) is 0 Å². The summed E-state index contributed by atoms with van der Waals surface area (Å²) in [6.07, 6.45) is 1.07. The first kappa shape index (κ1) is 11.5. The molecule has 1 nitrogen and oxygen atoms in total. The lowest BCUT2D eigenvalue weighted by molar-refractivity contribution is 0.823. The Morgan fingerprint density at radius 2 is 1.88 bits per heavy atom. The fourth-order valence-electron chi connectivity index (χ4n) is 1.77. The molecule has 0 spiro atoms. The number of hydrogen-bond donors (Lipinski definition) is 1. The average Bonchev–Trinajstić information content (AvgIpc) is 2.29. The molecule has 0 saturated heterocycles. The second-order valence-corrected chi connectivity index (χ2v) is 5.53. The SMILES string of the molecule is CC(CCN)Sc1ccc2ccccc2c1. The van der Waals surface area contributed by atoms with Gasteiger partial charge in [-0.25, -0.2) is 0 Å². The summed E-state index contributed by atoms with van der Waals surface area (Å²) in [5.74, 6) is 0. The number of benzene rings is 2. The van der Waals surface area contributed by atoms with Crippen LogP contribution in [0.15, 0.2) is 47.4 Å². The maximum absolute atomic E-state index is 5.56. The molecule has 0 saturated carbocycles. The minimum Gasteiger partial charge on any atom is -0.330 e. The van der Waals surface area contributed by atoms with Gasteiger partial charge in [-0.05, 0) is 35.9 Å². The van der Waals surface area contributed by atoms with Crippen LogP contribution >= 0.6 is 11.8 Å². The molecule has 0 aliphatic heterocycles. The topological polar surface area (TPSA) is 26.0 Å². The second-order valence-electron chi connectivity index (χ2n) is 4.01. The maximum atomic E-state index is 5.56. The van der Waals surface area contributed by atoms with Crippen LogP contribution in [0.1, 0.15) is 13.3 Å². The summed E-state index contributed by atoms with van der Waals surface area (Å²) in [6.45, 7) is 2.99. The Bertz CT molecular complexity index is 467. The van der Waals surface area contributed by atoms with Crippen LogP contribution in [0.5, 0.6) is 0 Å². The molecule has 1 unspecified atom stereocenters. The number of nitrogens with two attached hydrogens (primary N) is 1.